The molecule has 2 saturated carbocycles. The summed E-state index contributed by atoms with van der Waals surface area (Å²) < 4.78 is 39.5. The van der Waals surface area contributed by atoms with Gasteiger partial charge in [0.25, 0.3) is 0 Å². The SMILES string of the molecule is CCCCC(=O)NC(c1ccccc1)C(O)C(=O)OC1CC2(O)C(OC(=O)c3ccccc3)C3[C@]4(OC(C)=O)COC4CC(OC(=O)OCC(Cl)(Cl)Cl)[C@@]3(C)C(=O)C(OC(C)=O)=C(C1C)C2(C)C. The Balaban J connectivity index is 1.58. The first kappa shape index (κ1) is 52.6. The van der Waals surface area contributed by atoms with Crippen LogP contribution >= 0.6 is 34.8 Å². The van der Waals surface area contributed by atoms with Gasteiger partial charge in [-0.3, -0.25) is 19.2 Å². The highest BCUT2D eigenvalue weighted by Gasteiger charge is 2.79. The fraction of sp³-hybridized carbons (Fsp3) is 0.562. The highest BCUT2D eigenvalue weighted by atomic mass is 35.6. The van der Waals surface area contributed by atoms with Gasteiger partial charge in [0.2, 0.25) is 15.5 Å². The molecule has 1 saturated heterocycles. The van der Waals surface area contributed by atoms with Crippen LogP contribution in [0.5, 0.6) is 0 Å². The molecular formula is C48H56Cl3NO16. The van der Waals surface area contributed by atoms with Crippen molar-refractivity contribution >= 4 is 76.5 Å². The highest BCUT2D eigenvalue weighted by molar-refractivity contribution is 6.67. The smallest absolute Gasteiger partial charge is 0.460 e. The first-order valence-electron chi connectivity index (χ1n) is 22.2. The Labute approximate surface area is 408 Å². The number of hydrogen-bond acceptors (Lipinski definition) is 16. The molecule has 0 aromatic heterocycles. The van der Waals surface area contributed by atoms with Crippen molar-refractivity contribution in [1.82, 2.24) is 5.32 Å². The molecule has 1 aliphatic heterocycles. The monoisotopic (exact) mass is 1010 g/mol. The third-order valence-electron chi connectivity index (χ3n) is 13.8. The molecule has 20 heteroatoms. The zero-order chi connectivity index (χ0) is 50.1. The van der Waals surface area contributed by atoms with Crippen molar-refractivity contribution < 1.29 is 76.9 Å². The van der Waals surface area contributed by atoms with E-state index in [1.807, 2.05) is 6.92 Å². The number of nitrogens with one attached hydrogen (secondary N) is 1. The maximum atomic E-state index is 16.0. The molecule has 0 spiro atoms. The number of esters is 4. The Bertz CT molecular complexity index is 2300. The Hall–Kier alpha value is -4.78. The normalized spacial score (nSPS) is 30.3. The quantitative estimate of drug-likeness (QED) is 0.106. The van der Waals surface area contributed by atoms with Crippen molar-refractivity contribution in [2.24, 2.45) is 22.7 Å². The minimum absolute atomic E-state index is 0.00502. The van der Waals surface area contributed by atoms with Crippen LogP contribution < -0.4 is 5.32 Å². The molecule has 370 valence electrons. The van der Waals surface area contributed by atoms with Crippen molar-refractivity contribution in [2.45, 2.75) is 132 Å². The Kier molecular flexibility index (Phi) is 15.7. The molecule has 0 radical (unpaired) electrons. The van der Waals surface area contributed by atoms with Crippen LogP contribution in [-0.4, -0.2) is 111 Å². The fourth-order valence-corrected chi connectivity index (χ4v) is 10.6. The van der Waals surface area contributed by atoms with Crippen molar-refractivity contribution in [3.63, 3.8) is 0 Å². The van der Waals surface area contributed by atoms with Gasteiger partial charge in [-0.05, 0) is 36.6 Å². The molecule has 2 aromatic carbocycles. The molecule has 68 heavy (non-hydrogen) atoms. The van der Waals surface area contributed by atoms with E-state index in [0.717, 1.165) is 13.8 Å². The number of ketones is 1. The van der Waals surface area contributed by atoms with Crippen LogP contribution in [0.25, 0.3) is 0 Å². The van der Waals surface area contributed by atoms with Gasteiger partial charge in [0.1, 0.15) is 36.6 Å². The predicted molar refractivity (Wildman–Crippen MR) is 242 cm³/mol. The van der Waals surface area contributed by atoms with Gasteiger partial charge in [0, 0.05) is 44.4 Å². The number of ether oxygens (including phenoxy) is 7. The second kappa shape index (κ2) is 20.3. The lowest BCUT2D eigenvalue weighted by molar-refractivity contribution is -0.345. The summed E-state index contributed by atoms with van der Waals surface area (Å²) in [4.78, 5) is 97.9. The summed E-state index contributed by atoms with van der Waals surface area (Å²) in [6.07, 6.45) is -9.34. The van der Waals surface area contributed by atoms with Crippen LogP contribution in [0.4, 0.5) is 4.79 Å². The Morgan fingerprint density at radius 2 is 1.56 bits per heavy atom. The molecule has 3 fully saturated rings. The average Bonchev–Trinajstić information content (AvgIpc) is 3.27. The van der Waals surface area contributed by atoms with Crippen molar-refractivity contribution in [2.75, 3.05) is 13.2 Å². The van der Waals surface area contributed by atoms with Gasteiger partial charge in [0.15, 0.2) is 17.5 Å². The number of benzene rings is 2. The summed E-state index contributed by atoms with van der Waals surface area (Å²) in [7, 11) is 0. The van der Waals surface area contributed by atoms with Crippen LogP contribution in [0, 0.1) is 22.7 Å². The number of hydrogen-bond donors (Lipinski definition) is 3. The fourth-order valence-electron chi connectivity index (χ4n) is 10.4. The van der Waals surface area contributed by atoms with Gasteiger partial charge < -0.3 is 48.7 Å². The van der Waals surface area contributed by atoms with Gasteiger partial charge in [-0.15, -0.1) is 0 Å². The van der Waals surface area contributed by atoms with E-state index >= 15 is 4.79 Å². The number of Topliss-reactive ketones (excluding diaryl/α,β-unsaturated/α-hetero) is 1. The van der Waals surface area contributed by atoms with Crippen molar-refractivity contribution in [3.8, 4) is 0 Å². The van der Waals surface area contributed by atoms with Crippen LogP contribution in [-0.2, 0) is 57.1 Å². The van der Waals surface area contributed by atoms with E-state index in [-0.39, 0.29) is 24.0 Å². The first-order valence-corrected chi connectivity index (χ1v) is 23.4. The second-order valence-electron chi connectivity index (χ2n) is 18.5. The molecule has 11 atom stereocenters. The van der Waals surface area contributed by atoms with E-state index in [0.29, 0.717) is 18.4 Å². The number of aliphatic hydroxyl groups excluding tert-OH is 1. The van der Waals surface area contributed by atoms with Crippen LogP contribution in [0.1, 0.15) is 103 Å². The van der Waals surface area contributed by atoms with E-state index in [1.165, 1.54) is 32.9 Å². The number of fused-ring (bicyclic) bond motifs is 5. The highest BCUT2D eigenvalue weighted by Crippen LogP contribution is 2.65. The number of alkyl halides is 3. The lowest BCUT2D eigenvalue weighted by atomic mass is 9.45. The van der Waals surface area contributed by atoms with Crippen LogP contribution in [0.3, 0.4) is 0 Å². The van der Waals surface area contributed by atoms with Gasteiger partial charge in [-0.25, -0.2) is 14.4 Å². The zero-order valence-electron chi connectivity index (χ0n) is 38.6. The molecule has 9 unspecified atom stereocenters. The summed E-state index contributed by atoms with van der Waals surface area (Å²) in [6.45, 7) is 8.74. The Morgan fingerprint density at radius 3 is 2.12 bits per heavy atom. The standard InChI is InChI=1S/C48H56Cl3NO16/c1-8-9-20-33(55)52-35(28-16-12-10-13-17-28)36(56)42(59)65-30-22-47(61)40(67-41(58)29-18-14-11-15-19-29)38-45(7,39(57)37(64-26(3)53)34(25(30)2)44(47,5)6)31(66-43(60)63-24-48(49,50)51)21-32-46(38,23-62-32)68-27(4)54/h10-19,25,30-32,35-36,38,40,56,61H,8-9,20-24H2,1-7H3,(H,52,55)/t25?,30?,31?,32?,35?,36?,38?,40?,45-,46+,47?/m1/s1. The number of halogens is 3. The number of carbonyl (C=O) groups is 7. The van der Waals surface area contributed by atoms with Gasteiger partial charge in [-0.1, -0.05) is 117 Å². The summed E-state index contributed by atoms with van der Waals surface area (Å²) in [5.74, 6) is -9.06. The first-order chi connectivity index (χ1) is 31.8. The minimum atomic E-state index is -2.51. The number of amides is 1. The van der Waals surface area contributed by atoms with Gasteiger partial charge >= 0.3 is 30.0 Å². The molecule has 2 aromatic rings. The lowest BCUT2D eigenvalue weighted by Crippen LogP contribution is -2.81. The van der Waals surface area contributed by atoms with E-state index in [9.17, 15) is 39.0 Å². The van der Waals surface area contributed by atoms with E-state index in [1.54, 1.807) is 55.5 Å². The molecule has 1 amide bonds. The maximum absolute atomic E-state index is 16.0. The number of aliphatic hydroxyl groups is 2. The zero-order valence-corrected chi connectivity index (χ0v) is 40.9. The lowest BCUT2D eigenvalue weighted by Gasteiger charge is -2.67. The van der Waals surface area contributed by atoms with Crippen LogP contribution in [0.2, 0.25) is 0 Å². The van der Waals surface area contributed by atoms with E-state index in [4.69, 9.17) is 68.0 Å². The number of allylic oxidation sites excluding steroid dienone is 1. The van der Waals surface area contributed by atoms with Crippen molar-refractivity contribution in [1.29, 1.82) is 0 Å². The number of carbonyl (C=O) groups excluding carboxylic acids is 7. The Morgan fingerprint density at radius 1 is 0.926 bits per heavy atom. The molecule has 1 heterocycles. The van der Waals surface area contributed by atoms with Crippen molar-refractivity contribution in [3.05, 3.63) is 83.1 Å². The third-order valence-corrected chi connectivity index (χ3v) is 14.1. The van der Waals surface area contributed by atoms with Gasteiger partial charge in [-0.2, -0.15) is 0 Å². The number of rotatable bonds is 14. The summed E-state index contributed by atoms with van der Waals surface area (Å²) >= 11 is 17.6. The molecular weight excluding hydrogens is 953 g/mol. The van der Waals surface area contributed by atoms with E-state index < -0.39 is 141 Å². The molecule has 6 rings (SSSR count). The topological polar surface area (TPSA) is 237 Å². The molecule has 17 nitrogen and oxygen atoms in total. The molecule has 3 aliphatic carbocycles. The summed E-state index contributed by atoms with van der Waals surface area (Å²) in [5.41, 5.74) is -8.18. The molecule has 3 N–H and O–H groups in total. The largest absolute Gasteiger partial charge is 0.508 e. The minimum Gasteiger partial charge on any atom is -0.460 e. The maximum Gasteiger partial charge on any atom is 0.508 e. The molecule has 2 bridgehead atoms. The van der Waals surface area contributed by atoms with Crippen LogP contribution in [0.15, 0.2) is 72.0 Å². The molecule has 4 aliphatic rings. The summed E-state index contributed by atoms with van der Waals surface area (Å²) in [5, 5.41) is 28.4. The van der Waals surface area contributed by atoms with Gasteiger partial charge in [0.05, 0.1) is 29.5 Å². The second-order valence-corrected chi connectivity index (χ2v) is 21.0. The third kappa shape index (κ3) is 10.1. The summed E-state index contributed by atoms with van der Waals surface area (Å²) in [6, 6.07) is 14.6. The van der Waals surface area contributed by atoms with E-state index in [2.05, 4.69) is 5.32 Å². The number of unbranched alkanes of at least 4 members (excludes halogenated alkanes) is 1. The predicted octanol–water partition coefficient (Wildman–Crippen LogP) is 6.35. The average molecular weight is 1010 g/mol.